The second-order valence-corrected chi connectivity index (χ2v) is 7.78. The summed E-state index contributed by atoms with van der Waals surface area (Å²) in [6.07, 6.45) is 0.470. The smallest absolute Gasteiger partial charge is 0.338 e. The van der Waals surface area contributed by atoms with Crippen LogP contribution in [0.4, 0.5) is 4.79 Å². The molecule has 1 aliphatic rings. The number of allylic oxidation sites excluding steroid dienone is 1. The maximum Gasteiger partial charge on any atom is 0.338 e. The molecule has 0 saturated heterocycles. The van der Waals surface area contributed by atoms with Crippen LogP contribution in [0.15, 0.2) is 47.7 Å². The highest BCUT2D eigenvalue weighted by molar-refractivity contribution is 6.35. The number of carbonyl (C=O) groups is 2. The van der Waals surface area contributed by atoms with Crippen LogP contribution in [0, 0.1) is 0 Å². The Kier molecular flexibility index (Phi) is 7.88. The predicted molar refractivity (Wildman–Crippen MR) is 122 cm³/mol. The summed E-state index contributed by atoms with van der Waals surface area (Å²) in [6.45, 7) is 4.03. The minimum absolute atomic E-state index is 0.212. The molecule has 1 unspecified atom stereocenters. The predicted octanol–water partition coefficient (Wildman–Crippen LogP) is 5.16. The van der Waals surface area contributed by atoms with Crippen LogP contribution in [0.2, 0.25) is 10.0 Å². The lowest BCUT2D eigenvalue weighted by molar-refractivity contribution is -0.139. The highest BCUT2D eigenvalue weighted by Crippen LogP contribution is 2.35. The molecule has 32 heavy (non-hydrogen) atoms. The summed E-state index contributed by atoms with van der Waals surface area (Å²) < 4.78 is 16.6. The van der Waals surface area contributed by atoms with Crippen molar-refractivity contribution in [3.05, 3.63) is 68.8 Å². The molecular weight excluding hydrogens is 455 g/mol. The number of ether oxygens (including phenoxy) is 3. The van der Waals surface area contributed by atoms with Crippen molar-refractivity contribution in [1.29, 1.82) is 0 Å². The van der Waals surface area contributed by atoms with Gasteiger partial charge in [0.15, 0.2) is 11.5 Å². The van der Waals surface area contributed by atoms with Crippen LogP contribution in [0.3, 0.4) is 0 Å². The van der Waals surface area contributed by atoms with Crippen molar-refractivity contribution in [3.63, 3.8) is 0 Å². The molecule has 0 radical (unpaired) electrons. The minimum atomic E-state index is -0.689. The molecule has 2 N–H and O–H groups in total. The Morgan fingerprint density at radius 2 is 1.88 bits per heavy atom. The van der Waals surface area contributed by atoms with E-state index in [1.165, 1.54) is 7.11 Å². The lowest BCUT2D eigenvalue weighted by atomic mass is 9.94. The van der Waals surface area contributed by atoms with Gasteiger partial charge in [-0.3, -0.25) is 0 Å². The molecule has 0 fully saturated rings. The number of urea groups is 1. The quantitative estimate of drug-likeness (QED) is 0.511. The second-order valence-electron chi connectivity index (χ2n) is 6.93. The number of nitrogens with one attached hydrogen (secondary N) is 2. The van der Waals surface area contributed by atoms with E-state index >= 15 is 0 Å². The Hall–Kier alpha value is -2.90. The summed E-state index contributed by atoms with van der Waals surface area (Å²) in [7, 11) is 1.52. The van der Waals surface area contributed by atoms with E-state index in [1.807, 2.05) is 6.92 Å². The molecule has 0 spiro atoms. The van der Waals surface area contributed by atoms with Crippen molar-refractivity contribution in [2.45, 2.75) is 32.9 Å². The number of benzene rings is 2. The van der Waals surface area contributed by atoms with Crippen molar-refractivity contribution < 1.29 is 23.8 Å². The first kappa shape index (κ1) is 23.8. The summed E-state index contributed by atoms with van der Waals surface area (Å²) in [5.41, 5.74) is 2.31. The van der Waals surface area contributed by atoms with Gasteiger partial charge in [0.05, 0.1) is 25.3 Å². The van der Waals surface area contributed by atoms with Crippen LogP contribution < -0.4 is 20.1 Å². The number of hydrogen-bond donors (Lipinski definition) is 2. The molecule has 170 valence electrons. The zero-order valence-electron chi connectivity index (χ0n) is 18.0. The van der Waals surface area contributed by atoms with Crippen molar-refractivity contribution in [2.75, 3.05) is 13.7 Å². The molecule has 1 atom stereocenters. The van der Waals surface area contributed by atoms with Gasteiger partial charge in [0.2, 0.25) is 0 Å². The Morgan fingerprint density at radius 3 is 2.53 bits per heavy atom. The van der Waals surface area contributed by atoms with Crippen LogP contribution in [-0.2, 0) is 16.1 Å². The molecule has 0 bridgehead atoms. The van der Waals surface area contributed by atoms with E-state index in [2.05, 4.69) is 10.6 Å². The van der Waals surface area contributed by atoms with E-state index in [4.69, 9.17) is 37.4 Å². The topological polar surface area (TPSA) is 85.9 Å². The van der Waals surface area contributed by atoms with Crippen LogP contribution >= 0.6 is 23.2 Å². The Balaban J connectivity index is 1.90. The van der Waals surface area contributed by atoms with Crippen molar-refractivity contribution >= 4 is 35.2 Å². The summed E-state index contributed by atoms with van der Waals surface area (Å²) >= 11 is 12.2. The number of esters is 1. The average Bonchev–Trinajstić information content (AvgIpc) is 2.77. The zero-order chi connectivity index (χ0) is 23.3. The average molecular weight is 479 g/mol. The van der Waals surface area contributed by atoms with Gasteiger partial charge in [0.25, 0.3) is 0 Å². The second kappa shape index (κ2) is 10.6. The first-order chi connectivity index (χ1) is 15.4. The van der Waals surface area contributed by atoms with E-state index in [0.29, 0.717) is 44.8 Å². The van der Waals surface area contributed by atoms with Gasteiger partial charge in [-0.25, -0.2) is 9.59 Å². The molecule has 7 nitrogen and oxygen atoms in total. The van der Waals surface area contributed by atoms with Crippen molar-refractivity contribution in [2.24, 2.45) is 0 Å². The van der Waals surface area contributed by atoms with Gasteiger partial charge in [-0.1, -0.05) is 42.3 Å². The van der Waals surface area contributed by atoms with E-state index in [0.717, 1.165) is 5.56 Å². The standard InChI is InChI=1S/C23H24Cl2N2O5/c1-4-17-20(22(28)31-5-2)21(27-23(29)26-17)13-7-9-18(19(10-13)30-3)32-12-14-6-8-15(24)11-16(14)25/h6-11,21H,4-5,12H2,1-3H3,(H2,26,27,29). The number of hydrogen-bond acceptors (Lipinski definition) is 5. The summed E-state index contributed by atoms with van der Waals surface area (Å²) in [6, 6.07) is 9.31. The van der Waals surface area contributed by atoms with E-state index in [-0.39, 0.29) is 13.2 Å². The molecule has 2 amide bonds. The Morgan fingerprint density at radius 1 is 1.09 bits per heavy atom. The Bertz CT molecular complexity index is 1050. The fourth-order valence-electron chi connectivity index (χ4n) is 3.37. The van der Waals surface area contributed by atoms with Gasteiger partial charge in [0.1, 0.15) is 6.61 Å². The van der Waals surface area contributed by atoms with Gasteiger partial charge in [0, 0.05) is 21.3 Å². The summed E-state index contributed by atoms with van der Waals surface area (Å²) in [5, 5.41) is 6.53. The monoisotopic (exact) mass is 478 g/mol. The van der Waals surface area contributed by atoms with Crippen LogP contribution in [0.5, 0.6) is 11.5 Å². The van der Waals surface area contributed by atoms with E-state index in [9.17, 15) is 9.59 Å². The third kappa shape index (κ3) is 5.29. The Labute approximate surface area is 196 Å². The molecule has 0 aromatic heterocycles. The van der Waals surface area contributed by atoms with Gasteiger partial charge in [-0.05, 0) is 43.2 Å². The molecule has 0 aliphatic carbocycles. The number of carbonyl (C=O) groups excluding carboxylic acids is 2. The van der Waals surface area contributed by atoms with Crippen LogP contribution in [-0.4, -0.2) is 25.7 Å². The van der Waals surface area contributed by atoms with Gasteiger partial charge in [-0.2, -0.15) is 0 Å². The molecular formula is C23H24Cl2N2O5. The first-order valence-corrected chi connectivity index (χ1v) is 10.9. The number of rotatable bonds is 8. The maximum atomic E-state index is 12.6. The lowest BCUT2D eigenvalue weighted by Gasteiger charge is -2.29. The molecule has 0 saturated carbocycles. The highest BCUT2D eigenvalue weighted by Gasteiger charge is 2.33. The SMILES string of the molecule is CCOC(=O)C1=C(CC)NC(=O)NC1c1ccc(OCc2ccc(Cl)cc2Cl)c(OC)c1. The molecule has 3 rings (SSSR count). The molecule has 2 aromatic rings. The molecule has 1 aliphatic heterocycles. The van der Waals surface area contributed by atoms with E-state index in [1.54, 1.807) is 43.3 Å². The fraction of sp³-hybridized carbons (Fsp3) is 0.304. The summed E-state index contributed by atoms with van der Waals surface area (Å²) in [4.78, 5) is 24.8. The minimum Gasteiger partial charge on any atom is -0.493 e. The number of halogens is 2. The van der Waals surface area contributed by atoms with Gasteiger partial charge < -0.3 is 24.8 Å². The molecule has 2 aromatic carbocycles. The largest absolute Gasteiger partial charge is 0.493 e. The van der Waals surface area contributed by atoms with Gasteiger partial charge >= 0.3 is 12.0 Å². The lowest BCUT2D eigenvalue weighted by Crippen LogP contribution is -2.45. The van der Waals surface area contributed by atoms with Crippen LogP contribution in [0.1, 0.15) is 37.4 Å². The number of amides is 2. The summed E-state index contributed by atoms with van der Waals surface area (Å²) in [5.74, 6) is 0.444. The van der Waals surface area contributed by atoms with E-state index < -0.39 is 18.0 Å². The highest BCUT2D eigenvalue weighted by atomic mass is 35.5. The van der Waals surface area contributed by atoms with Crippen LogP contribution in [0.25, 0.3) is 0 Å². The third-order valence-electron chi connectivity index (χ3n) is 4.92. The molecule has 9 heteroatoms. The van der Waals surface area contributed by atoms with Gasteiger partial charge in [-0.15, -0.1) is 0 Å². The zero-order valence-corrected chi connectivity index (χ0v) is 19.5. The van der Waals surface area contributed by atoms with Crippen molar-refractivity contribution in [3.8, 4) is 11.5 Å². The van der Waals surface area contributed by atoms with Crippen molar-refractivity contribution in [1.82, 2.24) is 10.6 Å². The number of methoxy groups -OCH3 is 1. The molecule has 1 heterocycles. The third-order valence-corrected chi connectivity index (χ3v) is 5.51. The first-order valence-electron chi connectivity index (χ1n) is 10.1. The maximum absolute atomic E-state index is 12.6. The fourth-order valence-corrected chi connectivity index (χ4v) is 3.84. The normalized spacial score (nSPS) is 15.7.